The summed E-state index contributed by atoms with van der Waals surface area (Å²) in [6, 6.07) is 0. The lowest BCUT2D eigenvalue weighted by Gasteiger charge is -1.91. The van der Waals surface area contributed by atoms with Gasteiger partial charge in [-0.25, -0.2) is 0 Å². The molecule has 0 aliphatic carbocycles. The van der Waals surface area contributed by atoms with Crippen LogP contribution in [0.3, 0.4) is 0 Å². The second-order valence-corrected chi connectivity index (χ2v) is 2.00. The van der Waals surface area contributed by atoms with Crippen LogP contribution in [0.25, 0.3) is 0 Å². The standard InChI is InChI=1S/C5H11NO.C3H4/c1-2-6-3-5-7-4-1;1-3-2/h6H,1-5H2;1H,2H3. The Bertz CT molecular complexity index is 76.3. The number of hydrogen-bond acceptors (Lipinski definition) is 2. The van der Waals surface area contributed by atoms with Gasteiger partial charge in [-0.15, -0.1) is 12.3 Å². The molecule has 1 aliphatic rings. The van der Waals surface area contributed by atoms with Crippen LogP contribution in [-0.2, 0) is 4.74 Å². The highest BCUT2D eigenvalue weighted by Gasteiger charge is 1.93. The zero-order valence-electron chi connectivity index (χ0n) is 6.52. The number of hydrogen-bond donors (Lipinski definition) is 1. The van der Waals surface area contributed by atoms with E-state index in [-0.39, 0.29) is 0 Å². The predicted molar refractivity (Wildman–Crippen MR) is 42.8 cm³/mol. The fourth-order valence-electron chi connectivity index (χ4n) is 0.671. The first-order valence-corrected chi connectivity index (χ1v) is 3.57. The first kappa shape index (κ1) is 9.48. The van der Waals surface area contributed by atoms with Crippen molar-refractivity contribution in [3.8, 4) is 12.3 Å². The van der Waals surface area contributed by atoms with Gasteiger partial charge in [-0.3, -0.25) is 0 Å². The third-order valence-electron chi connectivity index (χ3n) is 1.07. The zero-order valence-corrected chi connectivity index (χ0v) is 6.52. The molecule has 10 heavy (non-hydrogen) atoms. The highest BCUT2D eigenvalue weighted by molar-refractivity contribution is 4.73. The van der Waals surface area contributed by atoms with Gasteiger partial charge in [0.2, 0.25) is 0 Å². The Morgan fingerprint density at radius 1 is 1.40 bits per heavy atom. The second-order valence-electron chi connectivity index (χ2n) is 2.00. The van der Waals surface area contributed by atoms with Crippen molar-refractivity contribution < 1.29 is 4.74 Å². The Kier molecular flexibility index (Phi) is 8.04. The molecule has 2 heteroatoms. The topological polar surface area (TPSA) is 21.3 Å². The molecule has 0 aromatic heterocycles. The van der Waals surface area contributed by atoms with E-state index in [1.807, 2.05) is 0 Å². The Balaban J connectivity index is 0.000000236. The van der Waals surface area contributed by atoms with Crippen molar-refractivity contribution in [1.29, 1.82) is 0 Å². The molecule has 0 aromatic carbocycles. The summed E-state index contributed by atoms with van der Waals surface area (Å²) >= 11 is 0. The van der Waals surface area contributed by atoms with E-state index in [0.717, 1.165) is 26.3 Å². The minimum absolute atomic E-state index is 0.889. The molecular weight excluding hydrogens is 126 g/mol. The zero-order chi connectivity index (χ0) is 7.66. The van der Waals surface area contributed by atoms with Crippen LogP contribution < -0.4 is 5.32 Å². The summed E-state index contributed by atoms with van der Waals surface area (Å²) in [5.41, 5.74) is 0. The average Bonchev–Trinajstić information content (AvgIpc) is 2.17. The van der Waals surface area contributed by atoms with Gasteiger partial charge in [-0.05, 0) is 19.9 Å². The quantitative estimate of drug-likeness (QED) is 0.500. The van der Waals surface area contributed by atoms with E-state index in [4.69, 9.17) is 4.74 Å². The lowest BCUT2D eigenvalue weighted by atomic mass is 10.5. The summed E-state index contributed by atoms with van der Waals surface area (Å²) in [6.45, 7) is 5.63. The third kappa shape index (κ3) is 7.48. The number of ether oxygens (including phenoxy) is 1. The first-order chi connectivity index (χ1) is 4.91. The lowest BCUT2D eigenvalue weighted by Crippen LogP contribution is -2.15. The van der Waals surface area contributed by atoms with E-state index in [2.05, 4.69) is 17.7 Å². The van der Waals surface area contributed by atoms with Crippen LogP contribution >= 0.6 is 0 Å². The van der Waals surface area contributed by atoms with Crippen LogP contribution in [0.5, 0.6) is 0 Å². The molecular formula is C8H15NO. The predicted octanol–water partition coefficient (Wildman–Crippen LogP) is 0.636. The third-order valence-corrected chi connectivity index (χ3v) is 1.07. The van der Waals surface area contributed by atoms with Gasteiger partial charge in [0.1, 0.15) is 0 Å². The molecule has 1 fully saturated rings. The van der Waals surface area contributed by atoms with Crippen LogP contribution in [0.1, 0.15) is 13.3 Å². The van der Waals surface area contributed by atoms with Crippen molar-refractivity contribution in [1.82, 2.24) is 5.32 Å². The summed E-state index contributed by atoms with van der Waals surface area (Å²) in [7, 11) is 0. The maximum Gasteiger partial charge on any atom is 0.0590 e. The van der Waals surface area contributed by atoms with Crippen LogP contribution in [0, 0.1) is 12.3 Å². The maximum absolute atomic E-state index is 5.13. The summed E-state index contributed by atoms with van der Waals surface area (Å²) in [4.78, 5) is 0. The Labute approximate surface area is 63.0 Å². The highest BCUT2D eigenvalue weighted by Crippen LogP contribution is 1.83. The molecule has 1 rings (SSSR count). The molecule has 0 atom stereocenters. The minimum atomic E-state index is 0.889. The molecule has 1 N–H and O–H groups in total. The molecule has 1 heterocycles. The minimum Gasteiger partial charge on any atom is -0.380 e. The van der Waals surface area contributed by atoms with Crippen molar-refractivity contribution in [2.75, 3.05) is 26.3 Å². The lowest BCUT2D eigenvalue weighted by molar-refractivity contribution is 0.151. The van der Waals surface area contributed by atoms with E-state index in [9.17, 15) is 0 Å². The average molecular weight is 141 g/mol. The molecule has 0 bridgehead atoms. The van der Waals surface area contributed by atoms with Crippen LogP contribution in [-0.4, -0.2) is 26.3 Å². The van der Waals surface area contributed by atoms with E-state index in [1.54, 1.807) is 6.92 Å². The van der Waals surface area contributed by atoms with E-state index in [1.165, 1.54) is 6.42 Å². The fraction of sp³-hybridized carbons (Fsp3) is 0.750. The van der Waals surface area contributed by atoms with E-state index >= 15 is 0 Å². The molecule has 58 valence electrons. The largest absolute Gasteiger partial charge is 0.380 e. The molecule has 2 nitrogen and oxygen atoms in total. The van der Waals surface area contributed by atoms with Gasteiger partial charge in [0.15, 0.2) is 0 Å². The first-order valence-electron chi connectivity index (χ1n) is 3.57. The molecule has 0 radical (unpaired) electrons. The Morgan fingerprint density at radius 3 is 2.80 bits per heavy atom. The van der Waals surface area contributed by atoms with Crippen molar-refractivity contribution in [2.24, 2.45) is 0 Å². The van der Waals surface area contributed by atoms with Crippen molar-refractivity contribution >= 4 is 0 Å². The van der Waals surface area contributed by atoms with Gasteiger partial charge in [-0.1, -0.05) is 0 Å². The van der Waals surface area contributed by atoms with Gasteiger partial charge >= 0.3 is 0 Å². The monoisotopic (exact) mass is 141 g/mol. The van der Waals surface area contributed by atoms with E-state index in [0.29, 0.717) is 0 Å². The molecule has 0 aromatic rings. The number of terminal acetylenes is 1. The van der Waals surface area contributed by atoms with Crippen LogP contribution in [0.4, 0.5) is 0 Å². The van der Waals surface area contributed by atoms with Crippen molar-refractivity contribution in [3.63, 3.8) is 0 Å². The second kappa shape index (κ2) is 8.48. The molecule has 1 saturated heterocycles. The maximum atomic E-state index is 5.13. The van der Waals surface area contributed by atoms with Gasteiger partial charge < -0.3 is 10.1 Å². The summed E-state index contributed by atoms with van der Waals surface area (Å²) in [6.07, 6.45) is 5.76. The van der Waals surface area contributed by atoms with Gasteiger partial charge in [0.05, 0.1) is 6.61 Å². The van der Waals surface area contributed by atoms with Gasteiger partial charge in [0, 0.05) is 13.2 Å². The molecule has 0 saturated carbocycles. The number of nitrogens with one attached hydrogen (secondary N) is 1. The Morgan fingerprint density at radius 2 is 2.10 bits per heavy atom. The highest BCUT2D eigenvalue weighted by atomic mass is 16.5. The van der Waals surface area contributed by atoms with E-state index < -0.39 is 0 Å². The van der Waals surface area contributed by atoms with Gasteiger partial charge in [0.25, 0.3) is 0 Å². The Hall–Kier alpha value is -0.520. The summed E-state index contributed by atoms with van der Waals surface area (Å²) in [5, 5.41) is 3.22. The number of rotatable bonds is 0. The normalized spacial score (nSPS) is 17.6. The smallest absolute Gasteiger partial charge is 0.0590 e. The van der Waals surface area contributed by atoms with Gasteiger partial charge in [-0.2, -0.15) is 0 Å². The van der Waals surface area contributed by atoms with Crippen molar-refractivity contribution in [3.05, 3.63) is 0 Å². The summed E-state index contributed by atoms with van der Waals surface area (Å²) in [5.74, 6) is 2.25. The molecule has 1 aliphatic heterocycles. The van der Waals surface area contributed by atoms with Crippen molar-refractivity contribution in [2.45, 2.75) is 13.3 Å². The summed E-state index contributed by atoms with van der Waals surface area (Å²) < 4.78 is 5.13. The molecule has 0 amide bonds. The SMILES string of the molecule is C#CC.C1CNCCOC1. The fourth-order valence-corrected chi connectivity index (χ4v) is 0.671. The van der Waals surface area contributed by atoms with Crippen LogP contribution in [0.2, 0.25) is 0 Å². The molecule has 0 unspecified atom stereocenters. The molecule has 0 spiro atoms. The van der Waals surface area contributed by atoms with Crippen LogP contribution in [0.15, 0.2) is 0 Å².